The fraction of sp³-hybridized carbons (Fsp3) is 0.188. The molecule has 0 saturated heterocycles. The van der Waals surface area contributed by atoms with Crippen LogP contribution in [0.1, 0.15) is 24.2 Å². The van der Waals surface area contributed by atoms with Crippen LogP contribution in [0.25, 0.3) is 11.1 Å². The lowest BCUT2D eigenvalue weighted by Crippen LogP contribution is -1.98. The maximum Gasteiger partial charge on any atom is 0.160 e. The van der Waals surface area contributed by atoms with Crippen molar-refractivity contribution in [1.82, 2.24) is 0 Å². The summed E-state index contributed by atoms with van der Waals surface area (Å²) < 4.78 is 18.7. The third kappa shape index (κ3) is 2.99. The molecule has 0 radical (unpaired) electrons. The van der Waals surface area contributed by atoms with Gasteiger partial charge in [0.2, 0.25) is 0 Å². The molecule has 2 rings (SSSR count). The third-order valence-electron chi connectivity index (χ3n) is 2.82. The highest BCUT2D eigenvalue weighted by atomic mass is 19.1. The van der Waals surface area contributed by atoms with Gasteiger partial charge >= 0.3 is 0 Å². The number of benzene rings is 2. The van der Waals surface area contributed by atoms with Crippen molar-refractivity contribution in [2.45, 2.75) is 13.8 Å². The Kier molecular flexibility index (Phi) is 3.95. The maximum atomic E-state index is 13.2. The van der Waals surface area contributed by atoms with Crippen LogP contribution >= 0.6 is 0 Å². The van der Waals surface area contributed by atoms with Crippen LogP contribution in [0.5, 0.6) is 5.75 Å². The minimum atomic E-state index is -0.407. The van der Waals surface area contributed by atoms with E-state index in [0.717, 1.165) is 16.9 Å². The van der Waals surface area contributed by atoms with Gasteiger partial charge in [-0.3, -0.25) is 4.79 Å². The number of ether oxygens (including phenoxy) is 1. The molecule has 0 amide bonds. The Hall–Kier alpha value is -2.16. The predicted molar refractivity (Wildman–Crippen MR) is 73.0 cm³/mol. The number of rotatable bonds is 4. The molecule has 0 atom stereocenters. The van der Waals surface area contributed by atoms with Gasteiger partial charge in [-0.25, -0.2) is 4.39 Å². The number of ketones is 1. The van der Waals surface area contributed by atoms with Gasteiger partial charge in [-0.15, -0.1) is 0 Å². The van der Waals surface area contributed by atoms with Gasteiger partial charge in [-0.2, -0.15) is 0 Å². The van der Waals surface area contributed by atoms with E-state index in [9.17, 15) is 9.18 Å². The van der Waals surface area contributed by atoms with Crippen molar-refractivity contribution in [3.05, 3.63) is 53.8 Å². The van der Waals surface area contributed by atoms with E-state index in [0.29, 0.717) is 12.2 Å². The Bertz CT molecular complexity index is 605. The van der Waals surface area contributed by atoms with Crippen LogP contribution in [0.3, 0.4) is 0 Å². The second kappa shape index (κ2) is 5.65. The summed E-state index contributed by atoms with van der Waals surface area (Å²) in [5.74, 6) is 0.171. The average Bonchev–Trinajstić information content (AvgIpc) is 2.39. The van der Waals surface area contributed by atoms with Gasteiger partial charge in [0.15, 0.2) is 5.78 Å². The topological polar surface area (TPSA) is 26.3 Å². The molecule has 0 bridgehead atoms. The summed E-state index contributed by atoms with van der Waals surface area (Å²) in [6.45, 7) is 3.92. The number of Topliss-reactive ketones (excluding diaryl/α,β-unsaturated/α-hetero) is 1. The van der Waals surface area contributed by atoms with Gasteiger partial charge in [-0.05, 0) is 49.2 Å². The molecule has 0 unspecified atom stereocenters. The molecule has 0 saturated carbocycles. The first-order chi connectivity index (χ1) is 9.11. The summed E-state index contributed by atoms with van der Waals surface area (Å²) in [5, 5.41) is 0. The van der Waals surface area contributed by atoms with Gasteiger partial charge in [-0.1, -0.05) is 18.2 Å². The van der Waals surface area contributed by atoms with E-state index in [2.05, 4.69) is 0 Å². The van der Waals surface area contributed by atoms with Gasteiger partial charge in [0.25, 0.3) is 0 Å². The Morgan fingerprint density at radius 2 is 2.00 bits per heavy atom. The van der Waals surface area contributed by atoms with Crippen LogP contribution in [0, 0.1) is 5.82 Å². The second-order valence-electron chi connectivity index (χ2n) is 4.21. The summed E-state index contributed by atoms with van der Waals surface area (Å²) >= 11 is 0. The molecule has 0 aliphatic rings. The molecule has 0 aliphatic heterocycles. The Morgan fingerprint density at radius 3 is 2.68 bits per heavy atom. The van der Waals surface area contributed by atoms with Gasteiger partial charge in [0.1, 0.15) is 11.6 Å². The zero-order chi connectivity index (χ0) is 13.8. The predicted octanol–water partition coefficient (Wildman–Crippen LogP) is 4.09. The molecule has 0 N–H and O–H groups in total. The highest BCUT2D eigenvalue weighted by Crippen LogP contribution is 2.28. The summed E-state index contributed by atoms with van der Waals surface area (Å²) in [5.41, 5.74) is 1.94. The van der Waals surface area contributed by atoms with Gasteiger partial charge in [0.05, 0.1) is 6.61 Å². The van der Waals surface area contributed by atoms with E-state index in [1.807, 2.05) is 31.2 Å². The zero-order valence-corrected chi connectivity index (χ0v) is 10.9. The van der Waals surface area contributed by atoms with E-state index in [1.54, 1.807) is 6.07 Å². The summed E-state index contributed by atoms with van der Waals surface area (Å²) in [6, 6.07) is 11.7. The largest absolute Gasteiger partial charge is 0.494 e. The van der Waals surface area contributed by atoms with Crippen LogP contribution in [0.2, 0.25) is 0 Å². The molecule has 2 aromatic carbocycles. The van der Waals surface area contributed by atoms with Crippen molar-refractivity contribution in [1.29, 1.82) is 0 Å². The van der Waals surface area contributed by atoms with Gasteiger partial charge < -0.3 is 4.74 Å². The van der Waals surface area contributed by atoms with Crippen molar-refractivity contribution < 1.29 is 13.9 Å². The van der Waals surface area contributed by atoms with E-state index >= 15 is 0 Å². The summed E-state index contributed by atoms with van der Waals surface area (Å²) in [4.78, 5) is 11.6. The quantitative estimate of drug-likeness (QED) is 0.772. The monoisotopic (exact) mass is 258 g/mol. The SMILES string of the molecule is CCOc1cccc(-c2ccc(F)cc2C(C)=O)c1. The highest BCUT2D eigenvalue weighted by molar-refractivity contribution is 6.00. The van der Waals surface area contributed by atoms with Crippen molar-refractivity contribution in [2.75, 3.05) is 6.61 Å². The van der Waals surface area contributed by atoms with Crippen LogP contribution in [0.15, 0.2) is 42.5 Å². The molecule has 0 aliphatic carbocycles. The molecule has 19 heavy (non-hydrogen) atoms. The van der Waals surface area contributed by atoms with Crippen molar-refractivity contribution in [3.63, 3.8) is 0 Å². The number of hydrogen-bond acceptors (Lipinski definition) is 2. The van der Waals surface area contributed by atoms with Crippen molar-refractivity contribution in [2.24, 2.45) is 0 Å². The number of halogens is 1. The standard InChI is InChI=1S/C16H15FO2/c1-3-19-14-6-4-5-12(9-14)15-8-7-13(17)10-16(15)11(2)18/h4-10H,3H2,1-2H3. The molecule has 98 valence electrons. The zero-order valence-electron chi connectivity index (χ0n) is 10.9. The van der Waals surface area contributed by atoms with E-state index < -0.39 is 5.82 Å². The van der Waals surface area contributed by atoms with Crippen LogP contribution in [0.4, 0.5) is 4.39 Å². The first-order valence-corrected chi connectivity index (χ1v) is 6.15. The molecular weight excluding hydrogens is 243 g/mol. The number of hydrogen-bond donors (Lipinski definition) is 0. The Labute approximate surface area is 111 Å². The molecular formula is C16H15FO2. The van der Waals surface area contributed by atoms with E-state index in [-0.39, 0.29) is 5.78 Å². The van der Waals surface area contributed by atoms with Crippen molar-refractivity contribution >= 4 is 5.78 Å². The first kappa shape index (κ1) is 13.3. The molecule has 2 aromatic rings. The lowest BCUT2D eigenvalue weighted by Gasteiger charge is -2.09. The fourth-order valence-corrected chi connectivity index (χ4v) is 1.98. The van der Waals surface area contributed by atoms with Crippen LogP contribution in [-0.4, -0.2) is 12.4 Å². The molecule has 3 heteroatoms. The van der Waals surface area contributed by atoms with E-state index in [4.69, 9.17) is 4.74 Å². The number of carbonyl (C=O) groups is 1. The fourth-order valence-electron chi connectivity index (χ4n) is 1.98. The van der Waals surface area contributed by atoms with Gasteiger partial charge in [0, 0.05) is 5.56 Å². The normalized spacial score (nSPS) is 10.3. The number of carbonyl (C=O) groups excluding carboxylic acids is 1. The third-order valence-corrected chi connectivity index (χ3v) is 2.82. The molecule has 2 nitrogen and oxygen atoms in total. The summed E-state index contributed by atoms with van der Waals surface area (Å²) in [7, 11) is 0. The Balaban J connectivity index is 2.52. The minimum Gasteiger partial charge on any atom is -0.494 e. The average molecular weight is 258 g/mol. The maximum absolute atomic E-state index is 13.2. The summed E-state index contributed by atoms with van der Waals surface area (Å²) in [6.07, 6.45) is 0. The van der Waals surface area contributed by atoms with E-state index in [1.165, 1.54) is 19.1 Å². The Morgan fingerprint density at radius 1 is 1.21 bits per heavy atom. The minimum absolute atomic E-state index is 0.156. The molecule has 0 fully saturated rings. The smallest absolute Gasteiger partial charge is 0.160 e. The lowest BCUT2D eigenvalue weighted by molar-refractivity contribution is 0.101. The molecule has 0 spiro atoms. The molecule has 0 aromatic heterocycles. The lowest BCUT2D eigenvalue weighted by atomic mass is 9.97. The highest BCUT2D eigenvalue weighted by Gasteiger charge is 2.11. The first-order valence-electron chi connectivity index (χ1n) is 6.15. The second-order valence-corrected chi connectivity index (χ2v) is 4.21. The molecule has 0 heterocycles. The van der Waals surface area contributed by atoms with Crippen LogP contribution in [-0.2, 0) is 0 Å². The van der Waals surface area contributed by atoms with Crippen LogP contribution < -0.4 is 4.74 Å². The van der Waals surface area contributed by atoms with Crippen molar-refractivity contribution in [3.8, 4) is 16.9 Å².